The van der Waals surface area contributed by atoms with Crippen LogP contribution in [-0.2, 0) is 4.79 Å². The van der Waals surface area contributed by atoms with Crippen LogP contribution in [0.2, 0.25) is 0 Å². The standard InChI is InChI=1S/C20H28N4O3.ClH/c21-18-12-2-1-3-13(18)7-14(6-12)20(25)23-19-15(9-22-24-19)11-4-5-16-17(8-11)27-10-26-16;/h4-5,8,12-15,18-19,22,24H,1-3,6-7,9-10,21H2,(H,23,25);1H. The van der Waals surface area contributed by atoms with E-state index in [-0.39, 0.29) is 49.2 Å². The van der Waals surface area contributed by atoms with E-state index in [1.165, 1.54) is 19.3 Å². The third-order valence-electron chi connectivity index (χ3n) is 6.89. The Kier molecular flexibility index (Phi) is 5.69. The molecule has 5 rings (SSSR count). The number of rotatable bonds is 3. The summed E-state index contributed by atoms with van der Waals surface area (Å²) in [6.07, 6.45) is 5.33. The molecule has 2 bridgehead atoms. The molecule has 4 atom stereocenters. The Labute approximate surface area is 171 Å². The van der Waals surface area contributed by atoms with Crippen molar-refractivity contribution in [3.8, 4) is 11.5 Å². The highest BCUT2D eigenvalue weighted by Crippen LogP contribution is 2.42. The summed E-state index contributed by atoms with van der Waals surface area (Å²) in [5.41, 5.74) is 13.9. The average molecular weight is 409 g/mol. The monoisotopic (exact) mass is 408 g/mol. The van der Waals surface area contributed by atoms with E-state index < -0.39 is 0 Å². The van der Waals surface area contributed by atoms with E-state index in [2.05, 4.69) is 22.2 Å². The van der Waals surface area contributed by atoms with Crippen molar-refractivity contribution in [2.45, 2.75) is 50.2 Å². The topological polar surface area (TPSA) is 97.6 Å². The van der Waals surface area contributed by atoms with Gasteiger partial charge in [0.2, 0.25) is 12.7 Å². The lowest BCUT2D eigenvalue weighted by Gasteiger charge is -2.43. The van der Waals surface area contributed by atoms with E-state index in [0.717, 1.165) is 36.4 Å². The van der Waals surface area contributed by atoms with Crippen molar-refractivity contribution < 1.29 is 14.3 Å². The second kappa shape index (κ2) is 8.06. The van der Waals surface area contributed by atoms with Crippen LogP contribution in [0.4, 0.5) is 0 Å². The fraction of sp³-hybridized carbons (Fsp3) is 0.650. The highest BCUT2D eigenvalue weighted by Gasteiger charge is 2.41. The highest BCUT2D eigenvalue weighted by molar-refractivity contribution is 5.85. The Morgan fingerprint density at radius 1 is 1.14 bits per heavy atom. The second-order valence-electron chi connectivity index (χ2n) is 8.43. The number of nitrogens with one attached hydrogen (secondary N) is 3. The number of halogens is 1. The van der Waals surface area contributed by atoms with Gasteiger partial charge in [0.05, 0.1) is 0 Å². The number of benzene rings is 1. The van der Waals surface area contributed by atoms with E-state index >= 15 is 0 Å². The summed E-state index contributed by atoms with van der Waals surface area (Å²) in [7, 11) is 0. The van der Waals surface area contributed by atoms with Crippen LogP contribution < -0.4 is 31.4 Å². The summed E-state index contributed by atoms with van der Waals surface area (Å²) >= 11 is 0. The fourth-order valence-corrected chi connectivity index (χ4v) is 5.36. The fourth-order valence-electron chi connectivity index (χ4n) is 5.36. The van der Waals surface area contributed by atoms with E-state index in [1.807, 2.05) is 12.1 Å². The molecule has 1 aromatic carbocycles. The van der Waals surface area contributed by atoms with Gasteiger partial charge in [0, 0.05) is 24.4 Å². The van der Waals surface area contributed by atoms with E-state index in [4.69, 9.17) is 15.2 Å². The molecule has 2 aliphatic carbocycles. The predicted octanol–water partition coefficient (Wildman–Crippen LogP) is 1.62. The minimum atomic E-state index is -0.131. The van der Waals surface area contributed by atoms with Crippen LogP contribution in [0.15, 0.2) is 18.2 Å². The number of ether oxygens (including phenoxy) is 2. The lowest BCUT2D eigenvalue weighted by molar-refractivity contribution is -0.128. The third kappa shape index (κ3) is 3.56. The van der Waals surface area contributed by atoms with Crippen LogP contribution in [0.5, 0.6) is 11.5 Å². The molecule has 3 fully saturated rings. The van der Waals surface area contributed by atoms with Crippen molar-refractivity contribution in [1.29, 1.82) is 0 Å². The number of hydrogen-bond acceptors (Lipinski definition) is 6. The van der Waals surface area contributed by atoms with Crippen LogP contribution >= 0.6 is 12.4 Å². The Balaban J connectivity index is 0.00000192. The summed E-state index contributed by atoms with van der Waals surface area (Å²) in [6.45, 7) is 1.03. The van der Waals surface area contributed by atoms with Gasteiger partial charge in [0.15, 0.2) is 11.5 Å². The van der Waals surface area contributed by atoms with Gasteiger partial charge in [-0.15, -0.1) is 12.4 Å². The number of fused-ring (bicyclic) bond motifs is 3. The second-order valence-corrected chi connectivity index (χ2v) is 8.43. The first-order chi connectivity index (χ1) is 13.2. The molecule has 154 valence electrons. The molecule has 2 aliphatic heterocycles. The minimum Gasteiger partial charge on any atom is -0.454 e. The van der Waals surface area contributed by atoms with Gasteiger partial charge in [-0.05, 0) is 55.2 Å². The Morgan fingerprint density at radius 2 is 1.89 bits per heavy atom. The smallest absolute Gasteiger partial charge is 0.231 e. The van der Waals surface area contributed by atoms with Gasteiger partial charge < -0.3 is 20.5 Å². The predicted molar refractivity (Wildman–Crippen MR) is 107 cm³/mol. The zero-order valence-corrected chi connectivity index (χ0v) is 16.7. The Bertz CT molecular complexity index is 719. The molecular weight excluding hydrogens is 380 g/mol. The molecule has 1 saturated heterocycles. The van der Waals surface area contributed by atoms with Gasteiger partial charge >= 0.3 is 0 Å². The van der Waals surface area contributed by atoms with Crippen LogP contribution in [-0.4, -0.2) is 31.5 Å². The molecule has 5 N–H and O–H groups in total. The maximum Gasteiger partial charge on any atom is 0.231 e. The molecule has 28 heavy (non-hydrogen) atoms. The molecule has 2 saturated carbocycles. The summed E-state index contributed by atoms with van der Waals surface area (Å²) in [6, 6.07) is 6.30. The van der Waals surface area contributed by atoms with Crippen LogP contribution in [0, 0.1) is 17.8 Å². The maximum absolute atomic E-state index is 13.0. The molecule has 4 unspecified atom stereocenters. The summed E-state index contributed by atoms with van der Waals surface area (Å²) in [5.74, 6) is 2.96. The molecule has 8 heteroatoms. The molecule has 4 aliphatic rings. The van der Waals surface area contributed by atoms with Gasteiger partial charge in [-0.1, -0.05) is 12.5 Å². The minimum absolute atomic E-state index is 0. The summed E-state index contributed by atoms with van der Waals surface area (Å²) < 4.78 is 10.9. The SMILES string of the molecule is Cl.NC1C2CCCC1CC(C(=O)NC1NNCC1c1ccc3c(c1)OCO3)C2. The zero-order valence-electron chi connectivity index (χ0n) is 15.9. The molecular formula is C20H29ClN4O3. The normalized spacial score (nSPS) is 35.9. The lowest BCUT2D eigenvalue weighted by Crippen LogP contribution is -2.52. The van der Waals surface area contributed by atoms with E-state index in [0.29, 0.717) is 11.8 Å². The first-order valence-electron chi connectivity index (χ1n) is 10.1. The van der Waals surface area contributed by atoms with Crippen molar-refractivity contribution in [1.82, 2.24) is 16.2 Å². The van der Waals surface area contributed by atoms with Gasteiger partial charge in [0.1, 0.15) is 6.17 Å². The van der Waals surface area contributed by atoms with Gasteiger partial charge in [-0.2, -0.15) is 0 Å². The molecule has 0 radical (unpaired) electrons. The van der Waals surface area contributed by atoms with Crippen molar-refractivity contribution in [3.05, 3.63) is 23.8 Å². The van der Waals surface area contributed by atoms with Crippen molar-refractivity contribution in [2.24, 2.45) is 23.5 Å². The number of amides is 1. The summed E-state index contributed by atoms with van der Waals surface area (Å²) in [4.78, 5) is 13.0. The highest BCUT2D eigenvalue weighted by atomic mass is 35.5. The molecule has 1 amide bonds. The molecule has 0 spiro atoms. The van der Waals surface area contributed by atoms with Gasteiger partial charge in [0.25, 0.3) is 0 Å². The first-order valence-corrected chi connectivity index (χ1v) is 10.1. The zero-order chi connectivity index (χ0) is 18.4. The molecule has 7 nitrogen and oxygen atoms in total. The van der Waals surface area contributed by atoms with Crippen LogP contribution in [0.25, 0.3) is 0 Å². The summed E-state index contributed by atoms with van der Waals surface area (Å²) in [5, 5.41) is 3.24. The van der Waals surface area contributed by atoms with Crippen molar-refractivity contribution >= 4 is 18.3 Å². The lowest BCUT2D eigenvalue weighted by atomic mass is 9.65. The molecule has 0 aromatic heterocycles. The third-order valence-corrected chi connectivity index (χ3v) is 6.89. The van der Waals surface area contributed by atoms with Crippen molar-refractivity contribution in [3.63, 3.8) is 0 Å². The van der Waals surface area contributed by atoms with Gasteiger partial charge in [-0.3, -0.25) is 10.2 Å². The number of hydrazine groups is 1. The van der Waals surface area contributed by atoms with Gasteiger partial charge in [-0.25, -0.2) is 5.43 Å². The van der Waals surface area contributed by atoms with Crippen LogP contribution in [0.3, 0.4) is 0 Å². The van der Waals surface area contributed by atoms with Crippen LogP contribution in [0.1, 0.15) is 43.6 Å². The molecule has 1 aromatic rings. The number of carbonyl (C=O) groups excluding carboxylic acids is 1. The van der Waals surface area contributed by atoms with E-state index in [1.54, 1.807) is 0 Å². The molecule has 2 heterocycles. The quantitative estimate of drug-likeness (QED) is 0.607. The first kappa shape index (κ1) is 19.8. The largest absolute Gasteiger partial charge is 0.454 e. The van der Waals surface area contributed by atoms with E-state index in [9.17, 15) is 4.79 Å². The average Bonchev–Trinajstić information content (AvgIpc) is 3.29. The Morgan fingerprint density at radius 3 is 2.68 bits per heavy atom. The number of hydrogen-bond donors (Lipinski definition) is 4. The maximum atomic E-state index is 13.0. The number of nitrogens with two attached hydrogens (primary N) is 1. The number of carbonyl (C=O) groups is 1. The van der Waals surface area contributed by atoms with Crippen molar-refractivity contribution in [2.75, 3.05) is 13.3 Å². The Hall–Kier alpha value is -1.54.